The summed E-state index contributed by atoms with van der Waals surface area (Å²) in [6.07, 6.45) is 10.7. The second kappa shape index (κ2) is 10.7. The quantitative estimate of drug-likeness (QED) is 0.165. The maximum Gasteiger partial charge on any atom is 0.335 e. The second-order valence-electron chi connectivity index (χ2n) is 6.95. The predicted molar refractivity (Wildman–Crippen MR) is 121 cm³/mol. The first-order chi connectivity index (χ1) is 14.2. The van der Waals surface area contributed by atoms with Crippen molar-refractivity contribution >= 4 is 17.3 Å². The third kappa shape index (κ3) is 6.13. The minimum atomic E-state index is -0.330. The number of aryl methyl sites for hydroxylation is 1. The van der Waals surface area contributed by atoms with Gasteiger partial charge in [-0.05, 0) is 36.1 Å². The normalized spacial score (nSPS) is 11.1. The topological polar surface area (TPSA) is 39.2 Å². The molecule has 0 N–H and O–H groups in total. The van der Waals surface area contributed by atoms with E-state index in [4.69, 9.17) is 4.74 Å². The summed E-state index contributed by atoms with van der Waals surface area (Å²) in [6, 6.07) is 16.0. The Bertz CT molecular complexity index is 940. The first-order valence-corrected chi connectivity index (χ1v) is 11.0. The lowest BCUT2D eigenvalue weighted by Crippen LogP contribution is -2.03. The van der Waals surface area contributed by atoms with Crippen LogP contribution in [0.3, 0.4) is 0 Å². The SMILES string of the molecule is CCCCC=CC(=O)Oc1ccc(-c2ccc(-c3ncc(CCC)s3)cc2)cc1. The fourth-order valence-electron chi connectivity index (χ4n) is 2.98. The minimum Gasteiger partial charge on any atom is -0.423 e. The maximum absolute atomic E-state index is 11.8. The summed E-state index contributed by atoms with van der Waals surface area (Å²) in [7, 11) is 0. The van der Waals surface area contributed by atoms with E-state index in [1.807, 2.05) is 36.5 Å². The number of benzene rings is 2. The van der Waals surface area contributed by atoms with Gasteiger partial charge in [0.15, 0.2) is 0 Å². The molecular formula is C25H27NO2S. The number of unbranched alkanes of at least 4 members (excludes halogenated alkanes) is 2. The summed E-state index contributed by atoms with van der Waals surface area (Å²) >= 11 is 1.76. The number of carbonyl (C=O) groups excluding carboxylic acids is 1. The molecule has 0 bridgehead atoms. The summed E-state index contributed by atoms with van der Waals surface area (Å²) in [5.74, 6) is 0.228. The molecule has 0 spiro atoms. The van der Waals surface area contributed by atoms with Crippen LogP contribution in [0.25, 0.3) is 21.7 Å². The van der Waals surface area contributed by atoms with Gasteiger partial charge in [0.2, 0.25) is 0 Å². The van der Waals surface area contributed by atoms with Crippen molar-refractivity contribution in [1.82, 2.24) is 4.98 Å². The molecule has 1 aromatic heterocycles. The number of rotatable bonds is 9. The van der Waals surface area contributed by atoms with Gasteiger partial charge in [0.25, 0.3) is 0 Å². The molecule has 0 unspecified atom stereocenters. The van der Waals surface area contributed by atoms with E-state index < -0.39 is 0 Å². The van der Waals surface area contributed by atoms with Crippen LogP contribution in [0, 0.1) is 0 Å². The highest BCUT2D eigenvalue weighted by Crippen LogP contribution is 2.29. The van der Waals surface area contributed by atoms with Crippen LogP contribution in [-0.4, -0.2) is 11.0 Å². The standard InChI is InChI=1S/C25H27NO2S/c1-3-5-6-7-9-24(27)28-22-16-14-20(15-17-22)19-10-12-21(13-11-19)25-26-18-23(29-25)8-4-2/h7,9-18H,3-6,8H2,1-2H3. The van der Waals surface area contributed by atoms with Gasteiger partial charge < -0.3 is 4.74 Å². The number of carbonyl (C=O) groups is 1. The van der Waals surface area contributed by atoms with E-state index in [9.17, 15) is 4.79 Å². The molecule has 0 amide bonds. The van der Waals surface area contributed by atoms with Crippen molar-refractivity contribution in [2.75, 3.05) is 0 Å². The second-order valence-corrected chi connectivity index (χ2v) is 8.06. The van der Waals surface area contributed by atoms with Gasteiger partial charge in [-0.1, -0.05) is 75.6 Å². The first kappa shape index (κ1) is 21.0. The highest BCUT2D eigenvalue weighted by atomic mass is 32.1. The van der Waals surface area contributed by atoms with Gasteiger partial charge >= 0.3 is 5.97 Å². The highest BCUT2D eigenvalue weighted by molar-refractivity contribution is 7.15. The molecular weight excluding hydrogens is 378 g/mol. The Morgan fingerprint density at radius 2 is 1.62 bits per heavy atom. The average Bonchev–Trinajstić information content (AvgIpc) is 3.21. The van der Waals surface area contributed by atoms with Crippen molar-refractivity contribution in [3.8, 4) is 27.4 Å². The molecule has 3 nitrogen and oxygen atoms in total. The molecule has 4 heteroatoms. The van der Waals surface area contributed by atoms with Crippen molar-refractivity contribution in [3.63, 3.8) is 0 Å². The van der Waals surface area contributed by atoms with Gasteiger partial charge in [0.1, 0.15) is 10.8 Å². The van der Waals surface area contributed by atoms with Crippen LogP contribution in [0.5, 0.6) is 5.75 Å². The zero-order valence-electron chi connectivity index (χ0n) is 17.1. The molecule has 0 saturated carbocycles. The maximum atomic E-state index is 11.8. The largest absolute Gasteiger partial charge is 0.423 e. The van der Waals surface area contributed by atoms with Gasteiger partial charge in [0.05, 0.1) is 0 Å². The molecule has 29 heavy (non-hydrogen) atoms. The van der Waals surface area contributed by atoms with Crippen molar-refractivity contribution in [3.05, 3.63) is 71.8 Å². The zero-order chi connectivity index (χ0) is 20.5. The molecule has 150 valence electrons. The van der Waals surface area contributed by atoms with Crippen LogP contribution in [0.15, 0.2) is 66.9 Å². The van der Waals surface area contributed by atoms with Crippen LogP contribution in [0.2, 0.25) is 0 Å². The fourth-order valence-corrected chi connectivity index (χ4v) is 3.99. The summed E-state index contributed by atoms with van der Waals surface area (Å²) < 4.78 is 5.35. The van der Waals surface area contributed by atoms with Crippen molar-refractivity contribution in [1.29, 1.82) is 0 Å². The Labute approximate surface area is 177 Å². The molecule has 0 fully saturated rings. The lowest BCUT2D eigenvalue weighted by molar-refractivity contribution is -0.129. The Kier molecular flexibility index (Phi) is 7.77. The summed E-state index contributed by atoms with van der Waals surface area (Å²) in [5.41, 5.74) is 3.35. The smallest absolute Gasteiger partial charge is 0.335 e. The molecule has 0 saturated heterocycles. The number of hydrogen-bond acceptors (Lipinski definition) is 4. The van der Waals surface area contributed by atoms with E-state index >= 15 is 0 Å². The van der Waals surface area contributed by atoms with E-state index in [-0.39, 0.29) is 5.97 Å². The number of hydrogen-bond donors (Lipinski definition) is 0. The Hall–Kier alpha value is -2.72. The number of thiazole rings is 1. The van der Waals surface area contributed by atoms with Gasteiger partial charge in [-0.2, -0.15) is 0 Å². The van der Waals surface area contributed by atoms with Crippen molar-refractivity contribution < 1.29 is 9.53 Å². The average molecular weight is 406 g/mol. The third-order valence-corrected chi connectivity index (χ3v) is 5.67. The monoisotopic (exact) mass is 405 g/mol. The predicted octanol–water partition coefficient (Wildman–Crippen LogP) is 7.08. The molecule has 3 rings (SSSR count). The van der Waals surface area contributed by atoms with Gasteiger partial charge in [-0.15, -0.1) is 11.3 Å². The van der Waals surface area contributed by atoms with Crippen LogP contribution < -0.4 is 4.74 Å². The first-order valence-electron chi connectivity index (χ1n) is 10.2. The minimum absolute atomic E-state index is 0.330. The molecule has 2 aromatic carbocycles. The number of aromatic nitrogens is 1. The summed E-state index contributed by atoms with van der Waals surface area (Å²) in [5, 5.41) is 1.06. The van der Waals surface area contributed by atoms with Crippen LogP contribution in [0.1, 0.15) is 44.4 Å². The molecule has 0 radical (unpaired) electrons. The number of esters is 1. The van der Waals surface area contributed by atoms with Crippen LogP contribution in [-0.2, 0) is 11.2 Å². The lowest BCUT2D eigenvalue weighted by Gasteiger charge is -2.05. The van der Waals surface area contributed by atoms with E-state index in [1.54, 1.807) is 11.3 Å². The van der Waals surface area contributed by atoms with Crippen molar-refractivity contribution in [2.24, 2.45) is 0 Å². The van der Waals surface area contributed by atoms with Gasteiger partial charge in [0, 0.05) is 22.7 Å². The summed E-state index contributed by atoms with van der Waals surface area (Å²) in [6.45, 7) is 4.31. The van der Waals surface area contributed by atoms with Gasteiger partial charge in [-0.25, -0.2) is 9.78 Å². The number of allylic oxidation sites excluding steroid dienone is 1. The number of ether oxygens (including phenoxy) is 1. The van der Waals surface area contributed by atoms with Crippen LogP contribution in [0.4, 0.5) is 0 Å². The Morgan fingerprint density at radius 3 is 2.28 bits per heavy atom. The molecule has 0 aliphatic heterocycles. The molecule has 0 aliphatic carbocycles. The van der Waals surface area contributed by atoms with E-state index in [1.165, 1.54) is 11.0 Å². The highest BCUT2D eigenvalue weighted by Gasteiger charge is 2.06. The Balaban J connectivity index is 1.62. The molecule has 3 aromatic rings. The van der Waals surface area contributed by atoms with Crippen molar-refractivity contribution in [2.45, 2.75) is 46.0 Å². The Morgan fingerprint density at radius 1 is 0.966 bits per heavy atom. The molecule has 1 heterocycles. The van der Waals surface area contributed by atoms with E-state index in [0.717, 1.165) is 53.8 Å². The molecule has 0 aliphatic rings. The van der Waals surface area contributed by atoms with E-state index in [2.05, 4.69) is 43.1 Å². The fraction of sp³-hybridized carbons (Fsp3) is 0.280. The van der Waals surface area contributed by atoms with Crippen LogP contribution >= 0.6 is 11.3 Å². The molecule has 0 atom stereocenters. The number of nitrogens with zero attached hydrogens (tertiary/aromatic N) is 1. The van der Waals surface area contributed by atoms with E-state index in [0.29, 0.717) is 5.75 Å². The zero-order valence-corrected chi connectivity index (χ0v) is 17.9. The third-order valence-electron chi connectivity index (χ3n) is 4.57. The van der Waals surface area contributed by atoms with Gasteiger partial charge in [-0.3, -0.25) is 0 Å². The lowest BCUT2D eigenvalue weighted by atomic mass is 10.0. The summed E-state index contributed by atoms with van der Waals surface area (Å²) in [4.78, 5) is 17.7.